The molecule has 0 bridgehead atoms. The van der Waals surface area contributed by atoms with Gasteiger partial charge in [-0.05, 0) is 24.6 Å². The Morgan fingerprint density at radius 2 is 2.32 bits per heavy atom. The summed E-state index contributed by atoms with van der Waals surface area (Å²) in [4.78, 5) is 28.9. The number of rotatable bonds is 3. The lowest BCUT2D eigenvalue weighted by Gasteiger charge is -2.16. The van der Waals surface area contributed by atoms with Gasteiger partial charge in [-0.1, -0.05) is 6.92 Å². The molecular formula is C15H17N3O4. The number of amides is 2. The lowest BCUT2D eigenvalue weighted by atomic mass is 10.1. The summed E-state index contributed by atoms with van der Waals surface area (Å²) in [6.45, 7) is 2.65. The van der Waals surface area contributed by atoms with E-state index in [0.29, 0.717) is 42.1 Å². The first-order chi connectivity index (χ1) is 10.6. The van der Waals surface area contributed by atoms with Crippen LogP contribution in [-0.2, 0) is 11.2 Å². The highest BCUT2D eigenvalue weighted by atomic mass is 16.4. The normalized spacial score (nSPS) is 17.9. The third kappa shape index (κ3) is 2.74. The number of benzene rings is 1. The molecule has 0 aliphatic carbocycles. The lowest BCUT2D eigenvalue weighted by molar-refractivity contribution is -0.141. The molecular weight excluding hydrogens is 286 g/mol. The number of hydrogen-bond acceptors (Lipinski definition) is 4. The van der Waals surface area contributed by atoms with Crippen molar-refractivity contribution >= 4 is 28.8 Å². The van der Waals surface area contributed by atoms with E-state index in [1.54, 1.807) is 18.2 Å². The van der Waals surface area contributed by atoms with E-state index >= 15 is 0 Å². The highest BCUT2D eigenvalue weighted by Crippen LogP contribution is 2.22. The minimum atomic E-state index is -0.855. The summed E-state index contributed by atoms with van der Waals surface area (Å²) >= 11 is 0. The number of oxazole rings is 1. The van der Waals surface area contributed by atoms with Gasteiger partial charge in [0.1, 0.15) is 5.52 Å². The number of carboxylic acids is 1. The Kier molecular flexibility index (Phi) is 3.70. The Morgan fingerprint density at radius 3 is 3.00 bits per heavy atom. The van der Waals surface area contributed by atoms with Crippen LogP contribution in [0, 0.1) is 5.92 Å². The molecule has 1 atom stereocenters. The van der Waals surface area contributed by atoms with Crippen LogP contribution >= 0.6 is 0 Å². The van der Waals surface area contributed by atoms with Crippen molar-refractivity contribution in [1.29, 1.82) is 0 Å². The Morgan fingerprint density at radius 1 is 1.50 bits per heavy atom. The number of urea groups is 1. The second kappa shape index (κ2) is 5.67. The maximum atomic E-state index is 12.2. The minimum Gasteiger partial charge on any atom is -0.481 e. The number of anilines is 1. The van der Waals surface area contributed by atoms with Crippen molar-refractivity contribution < 1.29 is 19.1 Å². The number of carboxylic acid groups (broad SMARTS) is 1. The molecule has 2 aromatic rings. The SMILES string of the molecule is CCc1nc2cc(NC(=O)N3CCC(C(=O)O)C3)ccc2o1. The van der Waals surface area contributed by atoms with Crippen LogP contribution in [0.1, 0.15) is 19.2 Å². The van der Waals surface area contributed by atoms with Crippen LogP contribution in [0.4, 0.5) is 10.5 Å². The van der Waals surface area contributed by atoms with E-state index in [4.69, 9.17) is 9.52 Å². The molecule has 116 valence electrons. The molecule has 0 spiro atoms. The van der Waals surface area contributed by atoms with Crippen molar-refractivity contribution in [3.8, 4) is 0 Å². The van der Waals surface area contributed by atoms with Gasteiger partial charge in [-0.25, -0.2) is 9.78 Å². The standard InChI is InChI=1S/C15H17N3O4/c1-2-13-17-11-7-10(3-4-12(11)22-13)16-15(21)18-6-5-9(8-18)14(19)20/h3-4,7,9H,2,5-6,8H2,1H3,(H,16,21)(H,19,20). The molecule has 1 saturated heterocycles. The fourth-order valence-electron chi connectivity index (χ4n) is 2.55. The van der Waals surface area contributed by atoms with Crippen LogP contribution in [0.15, 0.2) is 22.6 Å². The third-order valence-electron chi connectivity index (χ3n) is 3.81. The number of carbonyl (C=O) groups excluding carboxylic acids is 1. The first kappa shape index (κ1) is 14.4. The quantitative estimate of drug-likeness (QED) is 0.907. The van der Waals surface area contributed by atoms with Crippen molar-refractivity contribution in [2.45, 2.75) is 19.8 Å². The highest BCUT2D eigenvalue weighted by Gasteiger charge is 2.30. The van der Waals surface area contributed by atoms with Crippen LogP contribution in [-0.4, -0.2) is 40.1 Å². The number of likely N-dealkylation sites (tertiary alicyclic amines) is 1. The molecule has 1 aromatic carbocycles. The number of aryl methyl sites for hydroxylation is 1. The molecule has 1 aromatic heterocycles. The van der Waals surface area contributed by atoms with Gasteiger partial charge >= 0.3 is 12.0 Å². The molecule has 22 heavy (non-hydrogen) atoms. The number of carbonyl (C=O) groups is 2. The summed E-state index contributed by atoms with van der Waals surface area (Å²) in [5.41, 5.74) is 1.99. The Bertz CT molecular complexity index is 725. The van der Waals surface area contributed by atoms with Crippen LogP contribution in [0.5, 0.6) is 0 Å². The van der Waals surface area contributed by atoms with Gasteiger partial charge in [-0.3, -0.25) is 4.79 Å². The van der Waals surface area contributed by atoms with Gasteiger partial charge < -0.3 is 19.7 Å². The van der Waals surface area contributed by atoms with Gasteiger partial charge in [0.2, 0.25) is 0 Å². The Hall–Kier alpha value is -2.57. The molecule has 1 aliphatic heterocycles. The van der Waals surface area contributed by atoms with Gasteiger partial charge in [0.05, 0.1) is 5.92 Å². The molecule has 2 heterocycles. The van der Waals surface area contributed by atoms with Gasteiger partial charge in [0, 0.05) is 25.2 Å². The van der Waals surface area contributed by atoms with Crippen molar-refractivity contribution in [1.82, 2.24) is 9.88 Å². The predicted molar refractivity (Wildman–Crippen MR) is 79.7 cm³/mol. The summed E-state index contributed by atoms with van der Waals surface area (Å²) < 4.78 is 5.52. The summed E-state index contributed by atoms with van der Waals surface area (Å²) in [7, 11) is 0. The average molecular weight is 303 g/mol. The fraction of sp³-hybridized carbons (Fsp3) is 0.400. The van der Waals surface area contributed by atoms with Crippen LogP contribution in [0.25, 0.3) is 11.1 Å². The summed E-state index contributed by atoms with van der Waals surface area (Å²) in [5, 5.41) is 11.7. The number of hydrogen-bond donors (Lipinski definition) is 2. The molecule has 1 aliphatic rings. The van der Waals surface area contributed by atoms with Crippen LogP contribution < -0.4 is 5.32 Å². The number of fused-ring (bicyclic) bond motifs is 1. The zero-order chi connectivity index (χ0) is 15.7. The second-order valence-electron chi connectivity index (χ2n) is 5.34. The molecule has 3 rings (SSSR count). The predicted octanol–water partition coefficient (Wildman–Crippen LogP) is 2.33. The maximum Gasteiger partial charge on any atom is 0.321 e. The largest absolute Gasteiger partial charge is 0.481 e. The average Bonchev–Trinajstić information content (AvgIpc) is 3.13. The molecule has 7 heteroatoms. The lowest BCUT2D eigenvalue weighted by Crippen LogP contribution is -2.33. The van der Waals surface area contributed by atoms with Gasteiger partial charge in [0.15, 0.2) is 11.5 Å². The van der Waals surface area contributed by atoms with E-state index in [-0.39, 0.29) is 12.6 Å². The maximum absolute atomic E-state index is 12.2. The van der Waals surface area contributed by atoms with E-state index < -0.39 is 11.9 Å². The van der Waals surface area contributed by atoms with E-state index in [0.717, 1.165) is 0 Å². The van der Waals surface area contributed by atoms with Crippen molar-refractivity contribution in [2.75, 3.05) is 18.4 Å². The smallest absolute Gasteiger partial charge is 0.321 e. The number of aliphatic carboxylic acids is 1. The van der Waals surface area contributed by atoms with Crippen LogP contribution in [0.3, 0.4) is 0 Å². The van der Waals surface area contributed by atoms with Crippen molar-refractivity contribution in [3.05, 3.63) is 24.1 Å². The molecule has 1 fully saturated rings. The zero-order valence-corrected chi connectivity index (χ0v) is 12.2. The fourth-order valence-corrected chi connectivity index (χ4v) is 2.55. The first-order valence-electron chi connectivity index (χ1n) is 7.25. The molecule has 0 radical (unpaired) electrons. The number of aromatic nitrogens is 1. The number of nitrogens with one attached hydrogen (secondary N) is 1. The molecule has 0 saturated carbocycles. The van der Waals surface area contributed by atoms with Gasteiger partial charge in [-0.2, -0.15) is 0 Å². The summed E-state index contributed by atoms with van der Waals surface area (Å²) in [6.07, 6.45) is 1.20. The van der Waals surface area contributed by atoms with E-state index in [9.17, 15) is 9.59 Å². The summed E-state index contributed by atoms with van der Waals surface area (Å²) in [5.74, 6) is -0.676. The first-order valence-corrected chi connectivity index (χ1v) is 7.25. The molecule has 7 nitrogen and oxygen atoms in total. The zero-order valence-electron chi connectivity index (χ0n) is 12.2. The second-order valence-corrected chi connectivity index (χ2v) is 5.34. The molecule has 2 N–H and O–H groups in total. The Labute approximate surface area is 126 Å². The van der Waals surface area contributed by atoms with Gasteiger partial charge in [-0.15, -0.1) is 0 Å². The van der Waals surface area contributed by atoms with Gasteiger partial charge in [0.25, 0.3) is 0 Å². The minimum absolute atomic E-state index is 0.243. The topological polar surface area (TPSA) is 95.7 Å². The van der Waals surface area contributed by atoms with E-state index in [1.165, 1.54) is 4.90 Å². The number of nitrogens with zero attached hydrogens (tertiary/aromatic N) is 2. The third-order valence-corrected chi connectivity index (χ3v) is 3.81. The van der Waals surface area contributed by atoms with Crippen molar-refractivity contribution in [3.63, 3.8) is 0 Å². The van der Waals surface area contributed by atoms with Crippen molar-refractivity contribution in [2.24, 2.45) is 5.92 Å². The van der Waals surface area contributed by atoms with Crippen LogP contribution in [0.2, 0.25) is 0 Å². The molecule has 1 unspecified atom stereocenters. The molecule has 2 amide bonds. The monoisotopic (exact) mass is 303 g/mol. The highest BCUT2D eigenvalue weighted by molar-refractivity contribution is 5.92. The Balaban J connectivity index is 1.70. The van der Waals surface area contributed by atoms with E-state index in [2.05, 4.69) is 10.3 Å². The summed E-state index contributed by atoms with van der Waals surface area (Å²) in [6, 6.07) is 4.97. The van der Waals surface area contributed by atoms with E-state index in [1.807, 2.05) is 6.92 Å².